The van der Waals surface area contributed by atoms with Crippen LogP contribution < -0.4 is 10.1 Å². The highest BCUT2D eigenvalue weighted by Gasteiger charge is 2.59. The molecule has 0 amide bonds. The molecule has 0 fully saturated rings. The van der Waals surface area contributed by atoms with E-state index < -0.39 is 29.4 Å². The number of nitrogens with zero attached hydrogens (tertiary/aromatic N) is 1. The summed E-state index contributed by atoms with van der Waals surface area (Å²) in [6.45, 7) is 3.53. The van der Waals surface area contributed by atoms with Crippen LogP contribution in [-0.2, 0) is 0 Å². The van der Waals surface area contributed by atoms with Gasteiger partial charge in [0.05, 0.1) is 18.7 Å². The number of nitrogens with one attached hydrogen (secondary N) is 1. The molecule has 4 nitrogen and oxygen atoms in total. The molecule has 0 spiro atoms. The molecule has 32 heavy (non-hydrogen) atoms. The van der Waals surface area contributed by atoms with E-state index in [9.17, 15) is 22.7 Å². The second-order valence-electron chi connectivity index (χ2n) is 7.36. The van der Waals surface area contributed by atoms with Crippen molar-refractivity contribution in [2.45, 2.75) is 31.7 Å². The Morgan fingerprint density at radius 2 is 1.91 bits per heavy atom. The lowest BCUT2D eigenvalue weighted by molar-refractivity contribution is -0.256. The number of ether oxygens (including phenoxy) is 1. The zero-order valence-electron chi connectivity index (χ0n) is 17.8. The molecule has 2 N–H and O–H groups in total. The fourth-order valence-corrected chi connectivity index (χ4v) is 4.30. The van der Waals surface area contributed by atoms with Crippen LogP contribution >= 0.6 is 11.8 Å². The molecule has 1 heterocycles. The van der Waals surface area contributed by atoms with Gasteiger partial charge in [-0.25, -0.2) is 4.39 Å². The second-order valence-corrected chi connectivity index (χ2v) is 8.63. The van der Waals surface area contributed by atoms with Crippen LogP contribution in [0.15, 0.2) is 48.5 Å². The van der Waals surface area contributed by atoms with Crippen molar-refractivity contribution in [2.75, 3.05) is 23.9 Å². The van der Waals surface area contributed by atoms with Crippen molar-refractivity contribution in [3.8, 4) is 5.75 Å². The molecule has 0 radical (unpaired) electrons. The Kier molecular flexibility index (Phi) is 7.19. The Hall–Kier alpha value is -2.52. The average molecular weight is 469 g/mol. The van der Waals surface area contributed by atoms with Crippen LogP contribution in [0.5, 0.6) is 5.75 Å². The number of hydrogen-bond acceptors (Lipinski definition) is 5. The van der Waals surface area contributed by atoms with E-state index in [2.05, 4.69) is 10.3 Å². The number of aryl methyl sites for hydroxylation is 1. The normalized spacial score (nSPS) is 14.8. The smallest absolute Gasteiger partial charge is 0.420 e. The Bertz CT molecular complexity index is 1090. The maximum Gasteiger partial charge on any atom is 0.420 e. The van der Waals surface area contributed by atoms with E-state index in [1.807, 2.05) is 6.92 Å². The van der Waals surface area contributed by atoms with Crippen molar-refractivity contribution >= 4 is 28.4 Å². The van der Waals surface area contributed by atoms with Gasteiger partial charge in [-0.3, -0.25) is 4.98 Å². The van der Waals surface area contributed by atoms with Gasteiger partial charge in [0.1, 0.15) is 0 Å². The summed E-state index contributed by atoms with van der Waals surface area (Å²) in [5.41, 5.74) is -1.37. The monoisotopic (exact) mass is 468 g/mol. The van der Waals surface area contributed by atoms with Gasteiger partial charge in [0.2, 0.25) is 0 Å². The minimum atomic E-state index is -4.96. The van der Waals surface area contributed by atoms with Gasteiger partial charge in [-0.1, -0.05) is 19.1 Å². The van der Waals surface area contributed by atoms with E-state index in [-0.39, 0.29) is 11.3 Å². The molecular formula is C23H24F4N2O2S. The summed E-state index contributed by atoms with van der Waals surface area (Å²) in [6.07, 6.45) is -4.96. The lowest BCUT2D eigenvalue weighted by Crippen LogP contribution is -2.54. The first kappa shape index (κ1) is 24.1. The van der Waals surface area contributed by atoms with Crippen molar-refractivity contribution in [3.63, 3.8) is 0 Å². The number of alkyl halides is 3. The molecule has 2 aromatic carbocycles. The number of aromatic nitrogens is 1. The SMILES string of the molecule is CCSC[C@@](O)([C@H](Nc1cccc2nc(C)ccc12)c1ccc(F)c(OC)c1)C(F)(F)F. The quantitative estimate of drug-likeness (QED) is 0.404. The van der Waals surface area contributed by atoms with Crippen LogP contribution in [0.2, 0.25) is 0 Å². The van der Waals surface area contributed by atoms with Gasteiger partial charge in [-0.05, 0) is 54.6 Å². The summed E-state index contributed by atoms with van der Waals surface area (Å²) in [4.78, 5) is 4.42. The number of rotatable bonds is 8. The molecule has 0 unspecified atom stereocenters. The number of pyridine rings is 1. The summed E-state index contributed by atoms with van der Waals surface area (Å²) in [5.74, 6) is -1.14. The highest BCUT2D eigenvalue weighted by atomic mass is 32.2. The van der Waals surface area contributed by atoms with Crippen LogP contribution in [0, 0.1) is 12.7 Å². The van der Waals surface area contributed by atoms with Gasteiger partial charge in [0.15, 0.2) is 17.2 Å². The van der Waals surface area contributed by atoms with E-state index in [4.69, 9.17) is 4.74 Å². The maximum atomic E-state index is 14.3. The summed E-state index contributed by atoms with van der Waals surface area (Å²) in [5, 5.41) is 14.5. The lowest BCUT2D eigenvalue weighted by atomic mass is 9.88. The van der Waals surface area contributed by atoms with E-state index in [1.54, 1.807) is 37.3 Å². The zero-order valence-corrected chi connectivity index (χ0v) is 18.6. The van der Waals surface area contributed by atoms with Gasteiger partial charge in [0, 0.05) is 22.5 Å². The fraction of sp³-hybridized carbons (Fsp3) is 0.348. The van der Waals surface area contributed by atoms with E-state index >= 15 is 0 Å². The maximum absolute atomic E-state index is 14.3. The summed E-state index contributed by atoms with van der Waals surface area (Å²) in [6, 6.07) is 10.4. The van der Waals surface area contributed by atoms with E-state index in [0.29, 0.717) is 22.3 Å². The van der Waals surface area contributed by atoms with Gasteiger partial charge in [-0.2, -0.15) is 24.9 Å². The van der Waals surface area contributed by atoms with Gasteiger partial charge in [0.25, 0.3) is 0 Å². The minimum absolute atomic E-state index is 0.0388. The van der Waals surface area contributed by atoms with E-state index in [0.717, 1.165) is 23.5 Å². The first-order valence-corrected chi connectivity index (χ1v) is 11.1. The molecule has 0 saturated heterocycles. The first-order valence-electron chi connectivity index (χ1n) is 9.94. The predicted octanol–water partition coefficient (Wildman–Crippen LogP) is 5.89. The Balaban J connectivity index is 2.19. The van der Waals surface area contributed by atoms with Crippen LogP contribution in [0.3, 0.4) is 0 Å². The fourth-order valence-electron chi connectivity index (χ4n) is 3.46. The third-order valence-electron chi connectivity index (χ3n) is 5.17. The number of benzene rings is 2. The van der Waals surface area contributed by atoms with Gasteiger partial charge < -0.3 is 15.2 Å². The minimum Gasteiger partial charge on any atom is -0.494 e. The van der Waals surface area contributed by atoms with Crippen LogP contribution in [-0.4, -0.2) is 40.5 Å². The van der Waals surface area contributed by atoms with Gasteiger partial charge >= 0.3 is 6.18 Å². The topological polar surface area (TPSA) is 54.4 Å². The molecule has 172 valence electrons. The summed E-state index contributed by atoms with van der Waals surface area (Å²) in [7, 11) is 1.23. The Labute approximate surface area is 188 Å². The highest BCUT2D eigenvalue weighted by molar-refractivity contribution is 7.99. The number of aliphatic hydroxyl groups is 1. The predicted molar refractivity (Wildman–Crippen MR) is 120 cm³/mol. The number of halogens is 4. The molecule has 0 bridgehead atoms. The van der Waals surface area contributed by atoms with Crippen molar-refractivity contribution in [3.05, 3.63) is 65.6 Å². The van der Waals surface area contributed by atoms with Gasteiger partial charge in [-0.15, -0.1) is 0 Å². The average Bonchev–Trinajstić information content (AvgIpc) is 2.75. The summed E-state index contributed by atoms with van der Waals surface area (Å²) < 4.78 is 61.8. The Morgan fingerprint density at radius 1 is 1.16 bits per heavy atom. The Morgan fingerprint density at radius 3 is 2.56 bits per heavy atom. The number of fused-ring (bicyclic) bond motifs is 1. The molecule has 0 aliphatic rings. The molecular weight excluding hydrogens is 444 g/mol. The van der Waals surface area contributed by atoms with Crippen LogP contribution in [0.4, 0.5) is 23.2 Å². The molecule has 3 aromatic rings. The number of methoxy groups -OCH3 is 1. The highest BCUT2D eigenvalue weighted by Crippen LogP contribution is 2.45. The van der Waals surface area contributed by atoms with E-state index in [1.165, 1.54) is 19.2 Å². The zero-order chi connectivity index (χ0) is 23.5. The molecule has 2 atom stereocenters. The van der Waals surface area contributed by atoms with Crippen molar-refractivity contribution < 1.29 is 27.4 Å². The van der Waals surface area contributed by atoms with Crippen LogP contribution in [0.25, 0.3) is 10.9 Å². The standard InChI is InChI=1S/C23H24F4N2O2S/c1-4-32-13-22(30,23(25,26)27)21(15-9-11-17(24)20(12-15)31-3)29-19-7-5-6-18-16(19)10-8-14(2)28-18/h5-12,21,29-30H,4,13H2,1-3H3/t21-,22-/m1/s1. The molecule has 1 aromatic heterocycles. The van der Waals surface area contributed by atoms with Crippen molar-refractivity contribution in [1.82, 2.24) is 4.98 Å². The lowest BCUT2D eigenvalue weighted by Gasteiger charge is -2.39. The third kappa shape index (κ3) is 4.78. The van der Waals surface area contributed by atoms with Crippen LogP contribution in [0.1, 0.15) is 24.2 Å². The second kappa shape index (κ2) is 9.54. The number of anilines is 1. The molecule has 0 saturated carbocycles. The third-order valence-corrected chi connectivity index (χ3v) is 6.23. The first-order chi connectivity index (χ1) is 15.1. The summed E-state index contributed by atoms with van der Waals surface area (Å²) >= 11 is 0.966. The van der Waals surface area contributed by atoms with Crippen molar-refractivity contribution in [2.24, 2.45) is 0 Å². The van der Waals surface area contributed by atoms with Crippen molar-refractivity contribution in [1.29, 1.82) is 0 Å². The molecule has 0 aliphatic carbocycles. The largest absolute Gasteiger partial charge is 0.494 e. The number of thioether (sulfide) groups is 1. The molecule has 9 heteroatoms. The molecule has 3 rings (SSSR count). The molecule has 0 aliphatic heterocycles. The number of hydrogen-bond donors (Lipinski definition) is 2.